The van der Waals surface area contributed by atoms with E-state index in [2.05, 4.69) is 0 Å². The highest BCUT2D eigenvalue weighted by Crippen LogP contribution is 2.60. The molecule has 164 valence electrons. The van der Waals surface area contributed by atoms with Crippen LogP contribution in [0.25, 0.3) is 0 Å². The maximum atomic E-state index is 14.6. The number of halogens is 2. The predicted octanol–water partition coefficient (Wildman–Crippen LogP) is 3.75. The van der Waals surface area contributed by atoms with Crippen molar-refractivity contribution in [2.45, 2.75) is 44.9 Å². The van der Waals surface area contributed by atoms with Crippen molar-refractivity contribution in [3.05, 3.63) is 28.5 Å². The van der Waals surface area contributed by atoms with Gasteiger partial charge in [0.05, 0.1) is 17.2 Å². The first kappa shape index (κ1) is 20.5. The van der Waals surface area contributed by atoms with Gasteiger partial charge in [-0.3, -0.25) is 4.79 Å². The Kier molecular flexibility index (Phi) is 5.02. The van der Waals surface area contributed by atoms with E-state index in [0.717, 1.165) is 59.9 Å². The van der Waals surface area contributed by atoms with Crippen LogP contribution in [0.5, 0.6) is 5.75 Å². The number of rotatable bonds is 6. The fourth-order valence-corrected chi connectivity index (χ4v) is 7.71. The predicted molar refractivity (Wildman–Crippen MR) is 110 cm³/mol. The highest BCUT2D eigenvalue weighted by Gasteiger charge is 2.51. The second-order valence-corrected chi connectivity index (χ2v) is 11.7. The number of carbonyl (C=O) groups is 1. The van der Waals surface area contributed by atoms with Gasteiger partial charge in [0.25, 0.3) is 5.91 Å². The molecule has 1 saturated heterocycles. The van der Waals surface area contributed by atoms with Gasteiger partial charge in [-0.2, -0.15) is 12.7 Å². The molecule has 5 aliphatic rings. The summed E-state index contributed by atoms with van der Waals surface area (Å²) in [6.07, 6.45) is 8.22. The Hall–Kier alpha value is -1.38. The molecule has 4 bridgehead atoms. The zero-order valence-electron chi connectivity index (χ0n) is 16.7. The first-order valence-electron chi connectivity index (χ1n) is 10.7. The molecule has 4 saturated carbocycles. The van der Waals surface area contributed by atoms with E-state index in [1.807, 2.05) is 4.72 Å². The molecule has 0 atom stereocenters. The number of nitrogens with one attached hydrogen (secondary N) is 1. The van der Waals surface area contributed by atoms with Crippen LogP contribution in [0.2, 0.25) is 5.02 Å². The zero-order valence-corrected chi connectivity index (χ0v) is 18.3. The van der Waals surface area contributed by atoms with Gasteiger partial charge in [-0.1, -0.05) is 11.6 Å². The Morgan fingerprint density at radius 2 is 1.77 bits per heavy atom. The Labute approximate surface area is 181 Å². The molecule has 30 heavy (non-hydrogen) atoms. The van der Waals surface area contributed by atoms with E-state index in [1.54, 1.807) is 0 Å². The summed E-state index contributed by atoms with van der Waals surface area (Å²) in [6, 6.07) is 2.24. The molecule has 1 aromatic rings. The first-order chi connectivity index (χ1) is 14.2. The normalized spacial score (nSPS) is 32.7. The number of amides is 1. The van der Waals surface area contributed by atoms with Gasteiger partial charge in [0.2, 0.25) is 0 Å². The minimum absolute atomic E-state index is 0.104. The quantitative estimate of drug-likeness (QED) is 0.707. The van der Waals surface area contributed by atoms with Crippen molar-refractivity contribution in [1.29, 1.82) is 0 Å². The molecule has 9 heteroatoms. The van der Waals surface area contributed by atoms with Crippen LogP contribution in [0.1, 0.15) is 55.3 Å². The average Bonchev–Trinajstić information content (AvgIpc) is 2.58. The topological polar surface area (TPSA) is 75.7 Å². The SMILES string of the molecule is O=C(NS(=O)(=O)N1CCC1)c1cc(Cl)c(OCC23CC4CC(CC(C4)C2)C3)cc1F. The summed E-state index contributed by atoms with van der Waals surface area (Å²) in [5.74, 6) is 0.668. The molecule has 0 spiro atoms. The van der Waals surface area contributed by atoms with Crippen LogP contribution in [0.4, 0.5) is 4.39 Å². The highest BCUT2D eigenvalue weighted by atomic mass is 35.5. The minimum atomic E-state index is -3.95. The third kappa shape index (κ3) is 3.71. The average molecular weight is 457 g/mol. The molecule has 6 rings (SSSR count). The molecular formula is C21H26ClFN2O4S. The monoisotopic (exact) mass is 456 g/mol. The number of hydrogen-bond donors (Lipinski definition) is 1. The van der Waals surface area contributed by atoms with Gasteiger partial charge in [-0.05, 0) is 68.8 Å². The summed E-state index contributed by atoms with van der Waals surface area (Å²) >= 11 is 6.27. The fraction of sp³-hybridized carbons (Fsp3) is 0.667. The summed E-state index contributed by atoms with van der Waals surface area (Å²) in [7, 11) is -3.95. The van der Waals surface area contributed by atoms with E-state index < -0.39 is 27.5 Å². The van der Waals surface area contributed by atoms with Gasteiger partial charge in [0.1, 0.15) is 11.6 Å². The molecule has 4 aliphatic carbocycles. The van der Waals surface area contributed by atoms with Crippen molar-refractivity contribution in [1.82, 2.24) is 9.03 Å². The maximum Gasteiger partial charge on any atom is 0.304 e. The fourth-order valence-electron chi connectivity index (χ4n) is 6.28. The van der Waals surface area contributed by atoms with Gasteiger partial charge >= 0.3 is 10.2 Å². The smallest absolute Gasteiger partial charge is 0.304 e. The van der Waals surface area contributed by atoms with Crippen molar-refractivity contribution in [2.75, 3.05) is 19.7 Å². The summed E-state index contributed by atoms with van der Waals surface area (Å²) in [6.45, 7) is 1.20. The van der Waals surface area contributed by atoms with Crippen LogP contribution < -0.4 is 9.46 Å². The molecule has 0 aromatic heterocycles. The van der Waals surface area contributed by atoms with Gasteiger partial charge in [0, 0.05) is 24.6 Å². The van der Waals surface area contributed by atoms with Crippen LogP contribution in [0, 0.1) is 29.0 Å². The molecule has 1 aliphatic heterocycles. The Balaban J connectivity index is 1.28. The number of carbonyl (C=O) groups excluding carboxylic acids is 1. The van der Waals surface area contributed by atoms with Gasteiger partial charge in [0.15, 0.2) is 0 Å². The van der Waals surface area contributed by atoms with Crippen LogP contribution in [-0.4, -0.2) is 38.3 Å². The zero-order chi connectivity index (χ0) is 21.1. The Bertz CT molecular complexity index is 944. The van der Waals surface area contributed by atoms with E-state index in [-0.39, 0.29) is 16.2 Å². The van der Waals surface area contributed by atoms with E-state index in [4.69, 9.17) is 16.3 Å². The lowest BCUT2D eigenvalue weighted by atomic mass is 9.50. The van der Waals surface area contributed by atoms with Crippen molar-refractivity contribution < 1.29 is 22.3 Å². The first-order valence-corrected chi connectivity index (χ1v) is 12.5. The van der Waals surface area contributed by atoms with Gasteiger partial charge in [-0.25, -0.2) is 9.11 Å². The number of nitrogens with zero attached hydrogens (tertiary/aromatic N) is 1. The molecule has 5 fully saturated rings. The summed E-state index contributed by atoms with van der Waals surface area (Å²) in [4.78, 5) is 12.3. The molecule has 1 amide bonds. The largest absolute Gasteiger partial charge is 0.491 e. The van der Waals surface area contributed by atoms with Crippen LogP contribution in [-0.2, 0) is 10.2 Å². The summed E-state index contributed by atoms with van der Waals surface area (Å²) in [5, 5.41) is 0.104. The van der Waals surface area contributed by atoms with E-state index in [1.165, 1.54) is 19.3 Å². The molecule has 1 heterocycles. The van der Waals surface area contributed by atoms with Crippen molar-refractivity contribution in [3.8, 4) is 5.75 Å². The number of ether oxygens (including phenoxy) is 1. The second kappa shape index (κ2) is 7.35. The lowest BCUT2D eigenvalue weighted by molar-refractivity contribution is -0.0745. The Morgan fingerprint density at radius 1 is 1.17 bits per heavy atom. The van der Waals surface area contributed by atoms with Crippen LogP contribution in [0.3, 0.4) is 0 Å². The summed E-state index contributed by atoms with van der Waals surface area (Å²) in [5.41, 5.74) is -0.262. The molecule has 6 nitrogen and oxygen atoms in total. The van der Waals surface area contributed by atoms with Gasteiger partial charge in [-0.15, -0.1) is 0 Å². The lowest BCUT2D eigenvalue weighted by Crippen LogP contribution is -2.49. The van der Waals surface area contributed by atoms with Crippen LogP contribution in [0.15, 0.2) is 12.1 Å². The molecular weight excluding hydrogens is 431 g/mol. The maximum absolute atomic E-state index is 14.6. The van der Waals surface area contributed by atoms with E-state index in [0.29, 0.717) is 19.7 Å². The van der Waals surface area contributed by atoms with Crippen molar-refractivity contribution in [2.24, 2.45) is 23.2 Å². The number of hydrogen-bond acceptors (Lipinski definition) is 4. The highest BCUT2D eigenvalue weighted by molar-refractivity contribution is 7.87. The van der Waals surface area contributed by atoms with Gasteiger partial charge < -0.3 is 4.74 Å². The van der Waals surface area contributed by atoms with Crippen molar-refractivity contribution in [3.63, 3.8) is 0 Å². The molecule has 0 unspecified atom stereocenters. The summed E-state index contributed by atoms with van der Waals surface area (Å²) < 4.78 is 47.8. The second-order valence-electron chi connectivity index (χ2n) is 9.66. The van der Waals surface area contributed by atoms with Crippen LogP contribution >= 0.6 is 11.6 Å². The Morgan fingerprint density at radius 3 is 2.30 bits per heavy atom. The van der Waals surface area contributed by atoms with Crippen molar-refractivity contribution >= 4 is 27.7 Å². The lowest BCUT2D eigenvalue weighted by Gasteiger charge is -2.56. The molecule has 1 N–H and O–H groups in total. The third-order valence-corrected chi connectivity index (χ3v) is 9.13. The molecule has 0 radical (unpaired) electrons. The van der Waals surface area contributed by atoms with E-state index in [9.17, 15) is 17.6 Å². The standard InChI is InChI=1S/C21H26ClFN2O4S/c22-17-7-16(20(26)24-30(27,28)25-2-1-3-25)18(23)8-19(17)29-12-21-9-13-4-14(10-21)6-15(5-13)11-21/h7-8,13-15H,1-6,9-12H2,(H,24,26). The molecule has 1 aromatic carbocycles. The third-order valence-electron chi connectivity index (χ3n) is 7.34. The van der Waals surface area contributed by atoms with E-state index >= 15 is 0 Å². The minimum Gasteiger partial charge on any atom is -0.491 e. The number of benzene rings is 1.